The average molecular weight is 426 g/mol. The molecule has 3 heterocycles. The highest BCUT2D eigenvalue weighted by Crippen LogP contribution is 2.42. The van der Waals surface area contributed by atoms with Crippen molar-refractivity contribution in [2.24, 2.45) is 0 Å². The summed E-state index contributed by atoms with van der Waals surface area (Å²) in [7, 11) is 2.20. The van der Waals surface area contributed by atoms with Crippen molar-refractivity contribution < 1.29 is 0 Å². The van der Waals surface area contributed by atoms with Crippen LogP contribution in [0.5, 0.6) is 0 Å². The zero-order valence-electron chi connectivity index (χ0n) is 17.0. The number of rotatable bonds is 5. The van der Waals surface area contributed by atoms with Crippen molar-refractivity contribution in [3.8, 4) is 0 Å². The van der Waals surface area contributed by atoms with Crippen LogP contribution in [0.15, 0.2) is 46.6 Å². The molecule has 2 aromatic heterocycles. The SMILES string of the molecule is CSc1cnc2c(c1)ncn2Cc1ccc2c(c1)SC(NC1CCCCC1)N2C. The quantitative estimate of drug-likeness (QED) is 0.584. The van der Waals surface area contributed by atoms with Crippen LogP contribution < -0.4 is 10.2 Å². The van der Waals surface area contributed by atoms with Gasteiger partial charge < -0.3 is 9.47 Å². The van der Waals surface area contributed by atoms with Gasteiger partial charge in [-0.25, -0.2) is 9.97 Å². The minimum atomic E-state index is 0.337. The van der Waals surface area contributed by atoms with E-state index in [-0.39, 0.29) is 0 Å². The summed E-state index contributed by atoms with van der Waals surface area (Å²) in [6.45, 7) is 0.792. The number of aromatic nitrogens is 3. The molecular formula is C22H27N5S2. The summed E-state index contributed by atoms with van der Waals surface area (Å²) in [5, 5.41) is 3.88. The van der Waals surface area contributed by atoms with Gasteiger partial charge in [-0.3, -0.25) is 5.32 Å². The van der Waals surface area contributed by atoms with Crippen molar-refractivity contribution in [3.63, 3.8) is 0 Å². The van der Waals surface area contributed by atoms with Crippen molar-refractivity contribution >= 4 is 40.4 Å². The van der Waals surface area contributed by atoms with Gasteiger partial charge in [-0.15, -0.1) is 11.8 Å². The standard InChI is InChI=1S/C22H27N5S2/c1-26-19-9-8-15(10-20(19)29-22(26)25-16-6-4-3-5-7-16)13-27-14-24-18-11-17(28-2)12-23-21(18)27/h8-12,14,16,22,25H,3-7,13H2,1-2H3. The number of fused-ring (bicyclic) bond motifs is 2. The first-order valence-electron chi connectivity index (χ1n) is 10.3. The maximum Gasteiger partial charge on any atom is 0.160 e. The molecule has 0 spiro atoms. The molecule has 0 amide bonds. The van der Waals surface area contributed by atoms with Gasteiger partial charge in [0.05, 0.1) is 18.6 Å². The lowest BCUT2D eigenvalue weighted by molar-refractivity contribution is 0.367. The Morgan fingerprint density at radius 2 is 2.03 bits per heavy atom. The smallest absolute Gasteiger partial charge is 0.160 e. The fourth-order valence-electron chi connectivity index (χ4n) is 4.34. The molecule has 1 N–H and O–H groups in total. The van der Waals surface area contributed by atoms with Crippen LogP contribution in [0.25, 0.3) is 11.2 Å². The summed E-state index contributed by atoms with van der Waals surface area (Å²) >= 11 is 3.64. The molecule has 1 aliphatic carbocycles. The van der Waals surface area contributed by atoms with E-state index in [0.29, 0.717) is 11.5 Å². The summed E-state index contributed by atoms with van der Waals surface area (Å²) in [6.07, 6.45) is 12.6. The van der Waals surface area contributed by atoms with Crippen LogP contribution in [0.3, 0.4) is 0 Å². The molecule has 1 saturated carbocycles. The monoisotopic (exact) mass is 425 g/mol. The van der Waals surface area contributed by atoms with Gasteiger partial charge in [0.2, 0.25) is 0 Å². The molecule has 1 aliphatic heterocycles. The van der Waals surface area contributed by atoms with Gasteiger partial charge in [-0.2, -0.15) is 0 Å². The second-order valence-corrected chi connectivity index (χ2v) is 9.98. The van der Waals surface area contributed by atoms with Crippen molar-refractivity contribution in [3.05, 3.63) is 42.4 Å². The zero-order valence-corrected chi connectivity index (χ0v) is 18.6. The lowest BCUT2D eigenvalue weighted by atomic mass is 9.96. The normalized spacial score (nSPS) is 19.8. The van der Waals surface area contributed by atoms with Crippen molar-refractivity contribution in [2.45, 2.75) is 60.0 Å². The molecule has 0 radical (unpaired) electrons. The van der Waals surface area contributed by atoms with E-state index in [1.807, 2.05) is 24.3 Å². The predicted octanol–water partition coefficient (Wildman–Crippen LogP) is 4.95. The van der Waals surface area contributed by atoms with Crippen LogP contribution in [-0.4, -0.2) is 39.4 Å². The Morgan fingerprint density at radius 3 is 2.86 bits per heavy atom. The molecule has 0 bridgehead atoms. The third-order valence-electron chi connectivity index (χ3n) is 6.00. The second-order valence-electron chi connectivity index (χ2n) is 7.98. The van der Waals surface area contributed by atoms with Gasteiger partial charge >= 0.3 is 0 Å². The highest BCUT2D eigenvalue weighted by atomic mass is 32.2. The third-order valence-corrected chi connectivity index (χ3v) is 7.95. The maximum absolute atomic E-state index is 4.63. The van der Waals surface area contributed by atoms with Gasteiger partial charge in [0.15, 0.2) is 5.65 Å². The lowest BCUT2D eigenvalue weighted by Crippen LogP contribution is -2.44. The average Bonchev–Trinajstić information content (AvgIpc) is 3.29. The molecule has 2 aliphatic rings. The van der Waals surface area contributed by atoms with E-state index in [0.717, 1.165) is 22.6 Å². The number of anilines is 1. The van der Waals surface area contributed by atoms with Gasteiger partial charge in [-0.1, -0.05) is 37.1 Å². The summed E-state index contributed by atoms with van der Waals surface area (Å²) in [5.74, 6) is 0. The molecule has 5 nitrogen and oxygen atoms in total. The number of nitrogens with one attached hydrogen (secondary N) is 1. The summed E-state index contributed by atoms with van der Waals surface area (Å²) in [4.78, 5) is 14.1. The predicted molar refractivity (Wildman–Crippen MR) is 123 cm³/mol. The van der Waals surface area contributed by atoms with Crippen LogP contribution >= 0.6 is 23.5 Å². The molecule has 1 fully saturated rings. The second kappa shape index (κ2) is 8.20. The van der Waals surface area contributed by atoms with Gasteiger partial charge in [0, 0.05) is 29.1 Å². The Hall–Kier alpha value is -1.70. The van der Waals surface area contributed by atoms with E-state index in [2.05, 4.69) is 62.3 Å². The first kappa shape index (κ1) is 19.3. The molecule has 0 saturated heterocycles. The molecule has 152 valence electrons. The first-order chi connectivity index (χ1) is 14.2. The van der Waals surface area contributed by atoms with E-state index in [9.17, 15) is 0 Å². The molecule has 3 aromatic rings. The number of hydrogen-bond donors (Lipinski definition) is 1. The molecule has 5 rings (SSSR count). The first-order valence-corrected chi connectivity index (χ1v) is 12.4. The Labute approximate surface area is 180 Å². The van der Waals surface area contributed by atoms with Gasteiger partial charge in [-0.05, 0) is 42.9 Å². The van der Waals surface area contributed by atoms with Crippen molar-refractivity contribution in [1.29, 1.82) is 0 Å². The Bertz CT molecular complexity index is 1010. The Kier molecular flexibility index (Phi) is 5.45. The molecule has 1 unspecified atom stereocenters. The minimum absolute atomic E-state index is 0.337. The minimum Gasteiger partial charge on any atom is -0.349 e. The highest BCUT2D eigenvalue weighted by molar-refractivity contribution is 8.00. The van der Waals surface area contributed by atoms with Crippen molar-refractivity contribution in [1.82, 2.24) is 19.9 Å². The zero-order chi connectivity index (χ0) is 19.8. The number of benzene rings is 1. The number of thioether (sulfide) groups is 2. The number of pyridine rings is 1. The van der Waals surface area contributed by atoms with Crippen LogP contribution in [0.2, 0.25) is 0 Å². The fraction of sp³-hybridized carbons (Fsp3) is 0.455. The van der Waals surface area contributed by atoms with E-state index < -0.39 is 0 Å². The van der Waals surface area contributed by atoms with E-state index in [4.69, 9.17) is 0 Å². The van der Waals surface area contributed by atoms with Crippen LogP contribution in [0.1, 0.15) is 37.7 Å². The van der Waals surface area contributed by atoms with E-state index in [1.54, 1.807) is 11.8 Å². The summed E-state index contributed by atoms with van der Waals surface area (Å²) in [6, 6.07) is 9.60. The van der Waals surface area contributed by atoms with E-state index in [1.165, 1.54) is 48.3 Å². The van der Waals surface area contributed by atoms with Crippen molar-refractivity contribution in [2.75, 3.05) is 18.2 Å². The summed E-state index contributed by atoms with van der Waals surface area (Å²) < 4.78 is 2.14. The number of imidazole rings is 1. The van der Waals surface area contributed by atoms with Crippen LogP contribution in [0, 0.1) is 0 Å². The topological polar surface area (TPSA) is 46.0 Å². The highest BCUT2D eigenvalue weighted by Gasteiger charge is 2.29. The third kappa shape index (κ3) is 3.88. The fourth-order valence-corrected chi connectivity index (χ4v) is 6.05. The molecular weight excluding hydrogens is 398 g/mol. The number of nitrogens with zero attached hydrogens (tertiary/aromatic N) is 4. The molecule has 1 aromatic carbocycles. The maximum atomic E-state index is 4.63. The number of hydrogen-bond acceptors (Lipinski definition) is 6. The lowest BCUT2D eigenvalue weighted by Gasteiger charge is -2.30. The Morgan fingerprint density at radius 1 is 1.17 bits per heavy atom. The Balaban J connectivity index is 1.32. The molecule has 7 heteroatoms. The van der Waals surface area contributed by atoms with Crippen LogP contribution in [-0.2, 0) is 6.54 Å². The van der Waals surface area contributed by atoms with Gasteiger partial charge in [0.25, 0.3) is 0 Å². The summed E-state index contributed by atoms with van der Waals surface area (Å²) in [5.41, 5.74) is 4.86. The van der Waals surface area contributed by atoms with Gasteiger partial charge in [0.1, 0.15) is 11.0 Å². The van der Waals surface area contributed by atoms with E-state index >= 15 is 0 Å². The molecule has 1 atom stereocenters. The molecule has 29 heavy (non-hydrogen) atoms. The largest absolute Gasteiger partial charge is 0.349 e. The van der Waals surface area contributed by atoms with Crippen LogP contribution in [0.4, 0.5) is 5.69 Å².